The molecule has 0 radical (unpaired) electrons. The molecule has 2 aromatic carbocycles. The second kappa shape index (κ2) is 9.74. The van der Waals surface area contributed by atoms with Crippen LogP contribution in [0.5, 0.6) is 5.75 Å². The van der Waals surface area contributed by atoms with Gasteiger partial charge in [-0.2, -0.15) is 0 Å². The second-order valence-corrected chi connectivity index (χ2v) is 9.92. The van der Waals surface area contributed by atoms with Gasteiger partial charge in [0, 0.05) is 35.8 Å². The lowest BCUT2D eigenvalue weighted by molar-refractivity contribution is -0.121. The second-order valence-electron chi connectivity index (χ2n) is 7.52. The first kappa shape index (κ1) is 23.0. The molecule has 0 bridgehead atoms. The molecule has 0 saturated carbocycles. The van der Waals surface area contributed by atoms with Gasteiger partial charge in [0.2, 0.25) is 15.9 Å². The predicted octanol–water partition coefficient (Wildman–Crippen LogP) is 3.01. The summed E-state index contributed by atoms with van der Waals surface area (Å²) in [7, 11) is -2.06. The number of hydrogen-bond donors (Lipinski definition) is 2. The van der Waals surface area contributed by atoms with Crippen LogP contribution in [0.15, 0.2) is 65.0 Å². The predicted molar refractivity (Wildman–Crippen MR) is 128 cm³/mol. The number of fused-ring (bicyclic) bond motifs is 1. The first-order chi connectivity index (χ1) is 15.8. The number of carbonyl (C=O) groups is 1. The molecule has 0 aliphatic carbocycles. The van der Waals surface area contributed by atoms with Gasteiger partial charge >= 0.3 is 0 Å². The van der Waals surface area contributed by atoms with Crippen molar-refractivity contribution < 1.29 is 17.9 Å². The Labute approximate surface area is 196 Å². The number of amides is 1. The number of nitrogens with zero attached hydrogens (tertiary/aromatic N) is 2. The molecular formula is C23H24N4O4S2. The first-order valence-corrected chi connectivity index (χ1v) is 12.7. The van der Waals surface area contributed by atoms with Gasteiger partial charge in [0.1, 0.15) is 5.75 Å². The highest BCUT2D eigenvalue weighted by Gasteiger charge is 2.12. The van der Waals surface area contributed by atoms with Crippen LogP contribution in [0.3, 0.4) is 0 Å². The largest absolute Gasteiger partial charge is 0.497 e. The molecule has 0 fully saturated rings. The van der Waals surface area contributed by atoms with E-state index in [1.165, 1.54) is 12.1 Å². The fourth-order valence-corrected chi connectivity index (χ4v) is 4.85. The maximum atomic E-state index is 12.3. The van der Waals surface area contributed by atoms with Crippen molar-refractivity contribution in [3.63, 3.8) is 0 Å². The van der Waals surface area contributed by atoms with Crippen molar-refractivity contribution in [1.29, 1.82) is 0 Å². The number of ether oxygens (including phenoxy) is 1. The molecular weight excluding hydrogens is 460 g/mol. The van der Waals surface area contributed by atoms with Gasteiger partial charge in [0.05, 0.1) is 17.7 Å². The number of hydrogen-bond acceptors (Lipinski definition) is 6. The van der Waals surface area contributed by atoms with E-state index in [1.54, 1.807) is 30.6 Å². The number of nitrogens with two attached hydrogens (primary N) is 1. The molecule has 0 unspecified atom stereocenters. The monoisotopic (exact) mass is 484 g/mol. The van der Waals surface area contributed by atoms with Crippen LogP contribution >= 0.6 is 11.3 Å². The first-order valence-electron chi connectivity index (χ1n) is 10.3. The van der Waals surface area contributed by atoms with Gasteiger partial charge in [-0.15, -0.1) is 11.3 Å². The summed E-state index contributed by atoms with van der Waals surface area (Å²) in [5, 5.41) is 10.0. The van der Waals surface area contributed by atoms with E-state index < -0.39 is 10.0 Å². The van der Waals surface area contributed by atoms with E-state index in [-0.39, 0.29) is 10.8 Å². The molecule has 0 aliphatic heterocycles. The lowest BCUT2D eigenvalue weighted by Gasteiger charge is -2.06. The van der Waals surface area contributed by atoms with Gasteiger partial charge in [-0.3, -0.25) is 9.20 Å². The molecule has 0 aliphatic rings. The molecule has 0 atom stereocenters. The molecule has 4 aromatic rings. The highest BCUT2D eigenvalue weighted by molar-refractivity contribution is 7.89. The molecule has 0 spiro atoms. The van der Waals surface area contributed by atoms with Crippen molar-refractivity contribution >= 4 is 32.2 Å². The van der Waals surface area contributed by atoms with Gasteiger partial charge in [-0.1, -0.05) is 12.1 Å². The Hall–Kier alpha value is -3.21. The number of benzene rings is 2. The number of sulfonamides is 1. The average molecular weight is 485 g/mol. The number of thiazole rings is 1. The molecule has 3 N–H and O–H groups in total. The van der Waals surface area contributed by atoms with Crippen LogP contribution in [0.4, 0.5) is 0 Å². The minimum atomic E-state index is -3.70. The van der Waals surface area contributed by atoms with Crippen LogP contribution in [0.25, 0.3) is 16.2 Å². The number of methoxy groups -OCH3 is 1. The van der Waals surface area contributed by atoms with Gasteiger partial charge in [0.25, 0.3) is 0 Å². The summed E-state index contributed by atoms with van der Waals surface area (Å²) in [4.78, 5) is 17.9. The molecule has 8 nitrogen and oxygen atoms in total. The third kappa shape index (κ3) is 5.59. The molecule has 1 amide bonds. The van der Waals surface area contributed by atoms with Gasteiger partial charge in [-0.05, 0) is 54.8 Å². The smallest absolute Gasteiger partial charge is 0.238 e. The molecule has 10 heteroatoms. The Bertz CT molecular complexity index is 1360. The lowest BCUT2D eigenvalue weighted by Crippen LogP contribution is -2.26. The number of nitrogens with one attached hydrogen (secondary N) is 1. The average Bonchev–Trinajstić information content (AvgIpc) is 3.39. The third-order valence-corrected chi connectivity index (χ3v) is 7.08. The number of aryl methyl sites for hydroxylation is 1. The topological polar surface area (TPSA) is 116 Å². The summed E-state index contributed by atoms with van der Waals surface area (Å²) in [6.07, 6.45) is 3.57. The van der Waals surface area contributed by atoms with Crippen molar-refractivity contribution in [3.05, 3.63) is 71.4 Å². The van der Waals surface area contributed by atoms with Crippen molar-refractivity contribution in [3.8, 4) is 17.0 Å². The van der Waals surface area contributed by atoms with E-state index in [1.807, 2.05) is 40.2 Å². The summed E-state index contributed by atoms with van der Waals surface area (Å²) in [6, 6.07) is 14.1. The van der Waals surface area contributed by atoms with Crippen molar-refractivity contribution in [2.45, 2.75) is 24.2 Å². The SMILES string of the molecule is COc1ccc(-c2cn3c(CCC(=O)NCCc4ccc(S(N)(=O)=O)cc4)csc3n2)cc1. The van der Waals surface area contributed by atoms with Gasteiger partial charge in [-0.25, -0.2) is 18.5 Å². The van der Waals surface area contributed by atoms with Crippen LogP contribution in [-0.4, -0.2) is 37.4 Å². The van der Waals surface area contributed by atoms with E-state index >= 15 is 0 Å². The molecule has 2 heterocycles. The Morgan fingerprint density at radius 1 is 1.12 bits per heavy atom. The fourth-order valence-electron chi connectivity index (χ4n) is 3.43. The Morgan fingerprint density at radius 2 is 1.85 bits per heavy atom. The van der Waals surface area contributed by atoms with E-state index in [0.717, 1.165) is 33.2 Å². The summed E-state index contributed by atoms with van der Waals surface area (Å²) in [5.74, 6) is 0.762. The summed E-state index contributed by atoms with van der Waals surface area (Å²) < 4.78 is 29.9. The maximum absolute atomic E-state index is 12.3. The van der Waals surface area contributed by atoms with E-state index in [9.17, 15) is 13.2 Å². The zero-order valence-electron chi connectivity index (χ0n) is 18.0. The number of imidazole rings is 1. The minimum Gasteiger partial charge on any atom is -0.497 e. The molecule has 172 valence electrons. The molecule has 2 aromatic heterocycles. The standard InChI is InChI=1S/C23H24N4O4S2/c1-31-19-7-4-17(5-8-19)21-14-27-18(15-32-23(27)26-21)6-11-22(28)25-13-12-16-2-9-20(10-3-16)33(24,29)30/h2-5,7-10,14-15H,6,11-13H2,1H3,(H,25,28)(H2,24,29,30). The third-order valence-electron chi connectivity index (χ3n) is 5.27. The number of carbonyl (C=O) groups excluding carboxylic acids is 1. The highest BCUT2D eigenvalue weighted by Crippen LogP contribution is 2.25. The maximum Gasteiger partial charge on any atom is 0.238 e. The number of aromatic nitrogens is 2. The summed E-state index contributed by atoms with van der Waals surface area (Å²) >= 11 is 1.55. The van der Waals surface area contributed by atoms with Crippen LogP contribution in [0, 0.1) is 0 Å². The van der Waals surface area contributed by atoms with Crippen molar-refractivity contribution in [2.75, 3.05) is 13.7 Å². The zero-order valence-corrected chi connectivity index (χ0v) is 19.7. The number of rotatable bonds is 9. The zero-order chi connectivity index (χ0) is 23.4. The van der Waals surface area contributed by atoms with Crippen molar-refractivity contribution in [1.82, 2.24) is 14.7 Å². The summed E-state index contributed by atoms with van der Waals surface area (Å²) in [6.45, 7) is 0.472. The quantitative estimate of drug-likeness (QED) is 0.379. The van der Waals surface area contributed by atoms with Crippen LogP contribution < -0.4 is 15.2 Å². The molecule has 4 rings (SSSR count). The van der Waals surface area contributed by atoms with Crippen LogP contribution in [-0.2, 0) is 27.7 Å². The van der Waals surface area contributed by atoms with Crippen molar-refractivity contribution in [2.24, 2.45) is 5.14 Å². The van der Waals surface area contributed by atoms with Crippen LogP contribution in [0.1, 0.15) is 17.7 Å². The molecule has 33 heavy (non-hydrogen) atoms. The van der Waals surface area contributed by atoms with E-state index in [4.69, 9.17) is 9.88 Å². The highest BCUT2D eigenvalue weighted by atomic mass is 32.2. The Balaban J connectivity index is 1.30. The van der Waals surface area contributed by atoms with E-state index in [2.05, 4.69) is 10.3 Å². The van der Waals surface area contributed by atoms with Gasteiger partial charge < -0.3 is 10.1 Å². The Kier molecular flexibility index (Phi) is 6.77. The Morgan fingerprint density at radius 3 is 2.52 bits per heavy atom. The van der Waals surface area contributed by atoms with Gasteiger partial charge in [0.15, 0.2) is 4.96 Å². The summed E-state index contributed by atoms with van der Waals surface area (Å²) in [5.41, 5.74) is 3.85. The normalized spacial score (nSPS) is 11.6. The van der Waals surface area contributed by atoms with Crippen LogP contribution in [0.2, 0.25) is 0 Å². The lowest BCUT2D eigenvalue weighted by atomic mass is 10.1. The minimum absolute atomic E-state index is 0.0361. The van der Waals surface area contributed by atoms with E-state index in [0.29, 0.717) is 25.8 Å². The number of primary sulfonamides is 1. The fraction of sp³-hybridized carbons (Fsp3) is 0.217. The molecule has 0 saturated heterocycles.